The zero-order valence-electron chi connectivity index (χ0n) is 23.2. The fourth-order valence-electron chi connectivity index (χ4n) is 4.94. The number of fused-ring (bicyclic) bond motifs is 1. The maximum absolute atomic E-state index is 13.9. The smallest absolute Gasteiger partial charge is 0.434 e. The van der Waals surface area contributed by atoms with Crippen LogP contribution in [0.2, 0.25) is 0 Å². The number of benzene rings is 1. The Morgan fingerprint density at radius 3 is 2.58 bits per heavy atom. The topological polar surface area (TPSA) is 135 Å². The standard InChI is InChI=1S/C29H28F3N5O5S/c1-3-33-28(41)36-22-12-17(26-35-21(14-43-26)29(30,31)32)19(13-34-22)16-7-8-20-18(11-16)25(39)23(27(40)42-4-2)24(15-5-6-15)37(20)9-10-38/h7-8,11-15,38H,3-6,9-10H2,1-2H3,(H2,33,34,36,41). The monoisotopic (exact) mass is 615 g/mol. The molecule has 1 aliphatic rings. The molecule has 0 atom stereocenters. The molecule has 1 aromatic carbocycles. The molecular formula is C29H28F3N5O5S. The molecule has 4 aromatic rings. The number of esters is 1. The molecule has 3 aromatic heterocycles. The summed E-state index contributed by atoms with van der Waals surface area (Å²) in [7, 11) is 0. The third-order valence-corrected chi connectivity index (χ3v) is 7.77. The van der Waals surface area contributed by atoms with Gasteiger partial charge in [0.2, 0.25) is 5.43 Å². The molecule has 226 valence electrons. The molecule has 0 radical (unpaired) electrons. The van der Waals surface area contributed by atoms with Gasteiger partial charge in [0.1, 0.15) is 16.4 Å². The molecular weight excluding hydrogens is 587 g/mol. The third kappa shape index (κ3) is 6.11. The number of rotatable bonds is 9. The van der Waals surface area contributed by atoms with E-state index in [0.717, 1.165) is 29.6 Å². The predicted octanol–water partition coefficient (Wildman–Crippen LogP) is 5.39. The number of aromatic nitrogens is 3. The molecule has 3 N–H and O–H groups in total. The van der Waals surface area contributed by atoms with Crippen molar-refractivity contribution in [3.05, 3.63) is 63.0 Å². The van der Waals surface area contributed by atoms with E-state index >= 15 is 0 Å². The number of halogens is 3. The fraction of sp³-hybridized carbons (Fsp3) is 0.345. The summed E-state index contributed by atoms with van der Waals surface area (Å²) in [5, 5.41) is 16.0. The van der Waals surface area contributed by atoms with Crippen molar-refractivity contribution in [2.45, 2.75) is 45.3 Å². The molecule has 0 spiro atoms. The van der Waals surface area contributed by atoms with E-state index in [1.807, 2.05) is 0 Å². The molecule has 2 amide bonds. The predicted molar refractivity (Wildman–Crippen MR) is 155 cm³/mol. The van der Waals surface area contributed by atoms with Crippen molar-refractivity contribution < 1.29 is 32.6 Å². The summed E-state index contributed by atoms with van der Waals surface area (Å²) in [5.41, 5.74) is 0.358. The Morgan fingerprint density at radius 1 is 1.19 bits per heavy atom. The summed E-state index contributed by atoms with van der Waals surface area (Å²) >= 11 is 0.774. The molecule has 1 saturated carbocycles. The second-order valence-corrected chi connectivity index (χ2v) is 10.7. The number of nitrogens with zero attached hydrogens (tertiary/aromatic N) is 3. The Hall–Kier alpha value is -4.30. The summed E-state index contributed by atoms with van der Waals surface area (Å²) in [6, 6.07) is 5.78. The van der Waals surface area contributed by atoms with Crippen LogP contribution in [0.15, 0.2) is 40.6 Å². The van der Waals surface area contributed by atoms with Crippen molar-refractivity contribution in [2.24, 2.45) is 0 Å². The van der Waals surface area contributed by atoms with Crippen molar-refractivity contribution in [1.82, 2.24) is 19.9 Å². The van der Waals surface area contributed by atoms with Crippen LogP contribution in [0, 0.1) is 0 Å². The number of carbonyl (C=O) groups is 2. The molecule has 0 bridgehead atoms. The minimum absolute atomic E-state index is 0.0174. The van der Waals surface area contributed by atoms with Crippen molar-refractivity contribution in [1.29, 1.82) is 0 Å². The molecule has 0 saturated heterocycles. The zero-order chi connectivity index (χ0) is 30.9. The van der Waals surface area contributed by atoms with Gasteiger partial charge in [0.25, 0.3) is 0 Å². The molecule has 14 heteroatoms. The number of hydrogen-bond acceptors (Lipinski definition) is 8. The number of ether oxygens (including phenoxy) is 1. The molecule has 3 heterocycles. The van der Waals surface area contributed by atoms with Crippen molar-refractivity contribution in [2.75, 3.05) is 25.1 Å². The lowest BCUT2D eigenvalue weighted by molar-refractivity contribution is -0.140. The van der Waals surface area contributed by atoms with E-state index in [1.165, 1.54) is 12.3 Å². The number of thiazole rings is 1. The van der Waals surface area contributed by atoms with E-state index in [-0.39, 0.29) is 53.0 Å². The van der Waals surface area contributed by atoms with Crippen LogP contribution in [0.1, 0.15) is 54.4 Å². The molecule has 5 rings (SSSR count). The van der Waals surface area contributed by atoms with Crippen LogP contribution in [0.25, 0.3) is 32.6 Å². The fourth-order valence-corrected chi connectivity index (χ4v) is 5.80. The highest BCUT2D eigenvalue weighted by molar-refractivity contribution is 7.13. The molecule has 0 unspecified atom stereocenters. The van der Waals surface area contributed by atoms with Gasteiger partial charge in [-0.25, -0.2) is 19.6 Å². The summed E-state index contributed by atoms with van der Waals surface area (Å²) in [6.45, 7) is 3.69. The number of pyridine rings is 2. The number of hydrogen-bond donors (Lipinski definition) is 3. The largest absolute Gasteiger partial charge is 0.462 e. The quantitative estimate of drug-likeness (QED) is 0.215. The molecule has 1 aliphatic carbocycles. The first-order valence-corrected chi connectivity index (χ1v) is 14.5. The first kappa shape index (κ1) is 30.2. The summed E-state index contributed by atoms with van der Waals surface area (Å²) < 4.78 is 47.3. The second kappa shape index (κ2) is 12.1. The maximum Gasteiger partial charge on any atom is 0.434 e. The minimum Gasteiger partial charge on any atom is -0.462 e. The Kier molecular flexibility index (Phi) is 8.51. The van der Waals surface area contributed by atoms with Gasteiger partial charge in [0.15, 0.2) is 5.69 Å². The van der Waals surface area contributed by atoms with E-state index in [2.05, 4.69) is 20.6 Å². The average Bonchev–Trinajstić information content (AvgIpc) is 3.67. The van der Waals surface area contributed by atoms with Crippen LogP contribution in [0.4, 0.5) is 23.8 Å². The molecule has 1 fully saturated rings. The lowest BCUT2D eigenvalue weighted by Crippen LogP contribution is -2.28. The van der Waals surface area contributed by atoms with Gasteiger partial charge >= 0.3 is 18.2 Å². The highest BCUT2D eigenvalue weighted by Crippen LogP contribution is 2.43. The normalized spacial score (nSPS) is 13.3. The Labute approximate surface area is 247 Å². The van der Waals surface area contributed by atoms with E-state index in [4.69, 9.17) is 4.74 Å². The summed E-state index contributed by atoms with van der Waals surface area (Å²) in [6.07, 6.45) is -1.70. The van der Waals surface area contributed by atoms with E-state index in [1.54, 1.807) is 36.6 Å². The van der Waals surface area contributed by atoms with E-state index < -0.39 is 29.3 Å². The lowest BCUT2D eigenvalue weighted by Gasteiger charge is -2.20. The van der Waals surface area contributed by atoms with Crippen molar-refractivity contribution >= 4 is 40.1 Å². The number of nitrogens with one attached hydrogen (secondary N) is 2. The van der Waals surface area contributed by atoms with E-state index in [0.29, 0.717) is 28.9 Å². The van der Waals surface area contributed by atoms with Gasteiger partial charge in [-0.05, 0) is 50.5 Å². The van der Waals surface area contributed by atoms with Crippen LogP contribution >= 0.6 is 11.3 Å². The van der Waals surface area contributed by atoms with Crippen LogP contribution in [0.3, 0.4) is 0 Å². The number of anilines is 1. The van der Waals surface area contributed by atoms with Crippen LogP contribution < -0.4 is 16.1 Å². The van der Waals surface area contributed by atoms with Crippen molar-refractivity contribution in [3.8, 4) is 21.7 Å². The Bertz CT molecular complexity index is 1760. The minimum atomic E-state index is -4.66. The summed E-state index contributed by atoms with van der Waals surface area (Å²) in [5.74, 6) is -0.687. The third-order valence-electron chi connectivity index (χ3n) is 6.89. The SMILES string of the molecule is CCNC(=O)Nc1cc(-c2nc(C(F)(F)F)cs2)c(-c2ccc3c(c2)c(=O)c(C(=O)OCC)c(C2CC2)n3CCO)cn1. The Morgan fingerprint density at radius 2 is 1.95 bits per heavy atom. The number of amides is 2. The molecule has 10 nitrogen and oxygen atoms in total. The van der Waals surface area contributed by atoms with Gasteiger partial charge in [-0.15, -0.1) is 11.3 Å². The van der Waals surface area contributed by atoms with Gasteiger partial charge in [-0.2, -0.15) is 13.2 Å². The number of aliphatic hydroxyl groups is 1. The number of urea groups is 1. The van der Waals surface area contributed by atoms with Gasteiger partial charge in [-0.3, -0.25) is 10.1 Å². The van der Waals surface area contributed by atoms with Crippen molar-refractivity contribution in [3.63, 3.8) is 0 Å². The van der Waals surface area contributed by atoms with Gasteiger partial charge in [0, 0.05) is 52.8 Å². The van der Waals surface area contributed by atoms with Crippen LogP contribution in [0.5, 0.6) is 0 Å². The molecule has 0 aliphatic heterocycles. The second-order valence-electron chi connectivity index (χ2n) is 9.83. The Balaban J connectivity index is 1.72. The lowest BCUT2D eigenvalue weighted by atomic mass is 9.97. The highest BCUT2D eigenvalue weighted by Gasteiger charge is 2.35. The van der Waals surface area contributed by atoms with Crippen LogP contribution in [-0.4, -0.2) is 51.4 Å². The first-order chi connectivity index (χ1) is 20.6. The number of carbonyl (C=O) groups excluding carboxylic acids is 2. The van der Waals surface area contributed by atoms with E-state index in [9.17, 15) is 32.7 Å². The van der Waals surface area contributed by atoms with Gasteiger partial charge in [0.05, 0.1) is 18.7 Å². The number of alkyl halides is 3. The van der Waals surface area contributed by atoms with Gasteiger partial charge < -0.3 is 19.7 Å². The number of aliphatic hydroxyl groups excluding tert-OH is 1. The zero-order valence-corrected chi connectivity index (χ0v) is 24.1. The molecule has 43 heavy (non-hydrogen) atoms. The average molecular weight is 616 g/mol. The van der Waals surface area contributed by atoms with Crippen LogP contribution in [-0.2, 0) is 17.5 Å². The maximum atomic E-state index is 13.9. The highest BCUT2D eigenvalue weighted by atomic mass is 32.1. The summed E-state index contributed by atoms with van der Waals surface area (Å²) in [4.78, 5) is 47.1. The first-order valence-electron chi connectivity index (χ1n) is 13.6. The van der Waals surface area contributed by atoms with Gasteiger partial charge in [-0.1, -0.05) is 6.07 Å².